The second kappa shape index (κ2) is 6.51. The molecule has 0 N–H and O–H groups in total. The van der Waals surface area contributed by atoms with E-state index in [1.165, 1.54) is 0 Å². The van der Waals surface area contributed by atoms with E-state index >= 15 is 0 Å². The lowest BCUT2D eigenvalue weighted by atomic mass is 10.2. The van der Waals surface area contributed by atoms with Crippen molar-refractivity contribution in [2.24, 2.45) is 0 Å². The van der Waals surface area contributed by atoms with Crippen LogP contribution in [0.3, 0.4) is 0 Å². The monoisotopic (exact) mass is 358 g/mol. The smallest absolute Gasteiger partial charge is 0.272 e. The van der Waals surface area contributed by atoms with Crippen LogP contribution in [0.25, 0.3) is 0 Å². The van der Waals surface area contributed by atoms with Crippen molar-refractivity contribution in [3.05, 3.63) is 46.7 Å². The molecule has 1 aromatic heterocycles. The Labute approximate surface area is 126 Å². The maximum atomic E-state index is 11.9. The van der Waals surface area contributed by atoms with Crippen molar-refractivity contribution in [1.29, 1.82) is 0 Å². The van der Waals surface area contributed by atoms with Crippen LogP contribution in [0.1, 0.15) is 12.0 Å². The highest BCUT2D eigenvalue weighted by atomic mass is 79.9. The number of rotatable bonds is 6. The maximum absolute atomic E-state index is 11.9. The van der Waals surface area contributed by atoms with E-state index in [4.69, 9.17) is 4.18 Å². The van der Waals surface area contributed by atoms with Gasteiger partial charge in [0.1, 0.15) is 4.60 Å². The van der Waals surface area contributed by atoms with E-state index in [2.05, 4.69) is 21.0 Å². The normalized spacial score (nSPS) is 11.7. The molecule has 0 fully saturated rings. The van der Waals surface area contributed by atoms with E-state index < -0.39 is 10.1 Å². The zero-order chi connectivity index (χ0) is 14.6. The lowest BCUT2D eigenvalue weighted by Gasteiger charge is -2.06. The van der Waals surface area contributed by atoms with Gasteiger partial charge in [0.05, 0.1) is 11.5 Å². The summed E-state index contributed by atoms with van der Waals surface area (Å²) in [6.07, 6.45) is 2.39. The van der Waals surface area contributed by atoms with Gasteiger partial charge in [-0.3, -0.25) is 8.86 Å². The van der Waals surface area contributed by atoms with Crippen LogP contribution in [0.5, 0.6) is 0 Å². The van der Waals surface area contributed by atoms with Gasteiger partial charge < -0.3 is 0 Å². The number of aromatic nitrogens is 2. The Balaban J connectivity index is 1.85. The molecule has 7 heteroatoms. The topological polar surface area (TPSA) is 61.2 Å². The summed E-state index contributed by atoms with van der Waals surface area (Å²) < 4.78 is 31.3. The van der Waals surface area contributed by atoms with Crippen molar-refractivity contribution >= 4 is 26.0 Å². The van der Waals surface area contributed by atoms with Gasteiger partial charge in [-0.1, -0.05) is 17.7 Å². The molecule has 0 aliphatic heterocycles. The molecule has 108 valence electrons. The highest BCUT2D eigenvalue weighted by molar-refractivity contribution is 9.10. The number of aryl methyl sites for hydroxylation is 2. The Morgan fingerprint density at radius 1 is 1.25 bits per heavy atom. The molecule has 0 aliphatic carbocycles. The third kappa shape index (κ3) is 4.16. The highest BCUT2D eigenvalue weighted by Crippen LogP contribution is 2.13. The molecule has 1 aromatic carbocycles. The van der Waals surface area contributed by atoms with E-state index in [0.717, 1.165) is 10.2 Å². The zero-order valence-corrected chi connectivity index (χ0v) is 13.4. The van der Waals surface area contributed by atoms with E-state index in [-0.39, 0.29) is 11.5 Å². The summed E-state index contributed by atoms with van der Waals surface area (Å²) in [5, 5.41) is 4.14. The molecule has 0 saturated carbocycles. The van der Waals surface area contributed by atoms with E-state index in [9.17, 15) is 8.42 Å². The fourth-order valence-electron chi connectivity index (χ4n) is 1.63. The first-order valence-electron chi connectivity index (χ1n) is 6.12. The second-order valence-corrected chi connectivity index (χ2v) is 6.77. The van der Waals surface area contributed by atoms with Crippen LogP contribution in [-0.2, 0) is 20.8 Å². The summed E-state index contributed by atoms with van der Waals surface area (Å²) in [7, 11) is -3.67. The van der Waals surface area contributed by atoms with Gasteiger partial charge >= 0.3 is 0 Å². The molecule has 2 aromatic rings. The van der Waals surface area contributed by atoms with Gasteiger partial charge in [0, 0.05) is 12.7 Å². The van der Waals surface area contributed by atoms with Crippen LogP contribution >= 0.6 is 15.9 Å². The van der Waals surface area contributed by atoms with Crippen molar-refractivity contribution in [3.63, 3.8) is 0 Å². The van der Waals surface area contributed by atoms with Crippen molar-refractivity contribution in [1.82, 2.24) is 9.78 Å². The van der Waals surface area contributed by atoms with Crippen molar-refractivity contribution in [2.75, 3.05) is 6.61 Å². The molecule has 5 nitrogen and oxygen atoms in total. The summed E-state index contributed by atoms with van der Waals surface area (Å²) in [6.45, 7) is 2.64. The van der Waals surface area contributed by atoms with Crippen molar-refractivity contribution in [2.45, 2.75) is 24.8 Å². The van der Waals surface area contributed by atoms with Gasteiger partial charge in [-0.25, -0.2) is 0 Å². The van der Waals surface area contributed by atoms with Crippen molar-refractivity contribution < 1.29 is 12.6 Å². The Morgan fingerprint density at radius 2 is 1.95 bits per heavy atom. The van der Waals surface area contributed by atoms with E-state index in [0.29, 0.717) is 13.0 Å². The number of benzene rings is 1. The van der Waals surface area contributed by atoms with Gasteiger partial charge in [0.15, 0.2) is 0 Å². The quantitative estimate of drug-likeness (QED) is 0.588. The Hall–Kier alpha value is -1.18. The summed E-state index contributed by atoms with van der Waals surface area (Å²) in [5.41, 5.74) is 1.01. The molecule has 0 radical (unpaired) electrons. The molecular weight excluding hydrogens is 344 g/mol. The molecule has 2 rings (SSSR count). The van der Waals surface area contributed by atoms with Crippen molar-refractivity contribution in [3.8, 4) is 0 Å². The van der Waals surface area contributed by atoms with E-state index in [1.54, 1.807) is 28.9 Å². The molecule has 0 aliphatic rings. The number of halogens is 1. The van der Waals surface area contributed by atoms with Crippen LogP contribution in [0.15, 0.2) is 46.0 Å². The SMILES string of the molecule is Cc1ccc(S(=O)(=O)OCCCn2ccc(Br)n2)cc1. The maximum Gasteiger partial charge on any atom is 0.296 e. The first-order valence-corrected chi connectivity index (χ1v) is 8.32. The van der Waals surface area contributed by atoms with Gasteiger partial charge in [0.2, 0.25) is 0 Å². The van der Waals surface area contributed by atoms with Crippen LogP contribution in [0.2, 0.25) is 0 Å². The molecule has 1 heterocycles. The molecule has 20 heavy (non-hydrogen) atoms. The zero-order valence-electron chi connectivity index (χ0n) is 11.0. The Bertz CT molecular complexity index is 665. The number of hydrogen-bond acceptors (Lipinski definition) is 4. The molecule has 0 spiro atoms. The Morgan fingerprint density at radius 3 is 2.55 bits per heavy atom. The van der Waals surface area contributed by atoms with E-state index in [1.807, 2.05) is 19.2 Å². The van der Waals surface area contributed by atoms with Gasteiger partial charge in [0.25, 0.3) is 10.1 Å². The van der Waals surface area contributed by atoms with Gasteiger partial charge in [-0.05, 0) is 47.5 Å². The largest absolute Gasteiger partial charge is 0.296 e. The van der Waals surface area contributed by atoms with Crippen LogP contribution < -0.4 is 0 Å². The lowest BCUT2D eigenvalue weighted by Crippen LogP contribution is -2.10. The lowest BCUT2D eigenvalue weighted by molar-refractivity contribution is 0.301. The Kier molecular flexibility index (Phi) is 4.95. The van der Waals surface area contributed by atoms with Crippen LogP contribution in [0.4, 0.5) is 0 Å². The third-order valence-electron chi connectivity index (χ3n) is 2.69. The molecule has 0 atom stereocenters. The number of hydrogen-bond donors (Lipinski definition) is 0. The average molecular weight is 359 g/mol. The minimum atomic E-state index is -3.67. The standard InChI is InChI=1S/C13H15BrN2O3S/c1-11-3-5-12(6-4-11)20(17,18)19-10-2-8-16-9-7-13(14)15-16/h3-7,9H,2,8,10H2,1H3. The average Bonchev–Trinajstić information content (AvgIpc) is 2.81. The van der Waals surface area contributed by atoms with Crippen LogP contribution in [0, 0.1) is 6.92 Å². The molecule has 0 unspecified atom stereocenters. The second-order valence-electron chi connectivity index (χ2n) is 4.34. The number of nitrogens with zero attached hydrogens (tertiary/aromatic N) is 2. The summed E-state index contributed by atoms with van der Waals surface area (Å²) in [6, 6.07) is 8.42. The summed E-state index contributed by atoms with van der Waals surface area (Å²) >= 11 is 3.25. The molecule has 0 saturated heterocycles. The fourth-order valence-corrected chi connectivity index (χ4v) is 2.89. The highest BCUT2D eigenvalue weighted by Gasteiger charge is 2.14. The summed E-state index contributed by atoms with van der Waals surface area (Å²) in [4.78, 5) is 0.185. The predicted molar refractivity (Wildman–Crippen MR) is 78.9 cm³/mol. The molecular formula is C13H15BrN2O3S. The minimum Gasteiger partial charge on any atom is -0.272 e. The first-order chi connectivity index (χ1) is 9.47. The minimum absolute atomic E-state index is 0.133. The van der Waals surface area contributed by atoms with Gasteiger partial charge in [-0.2, -0.15) is 13.5 Å². The van der Waals surface area contributed by atoms with Crippen LogP contribution in [-0.4, -0.2) is 24.8 Å². The molecule has 0 amide bonds. The summed E-state index contributed by atoms with van der Waals surface area (Å²) in [5.74, 6) is 0. The predicted octanol–water partition coefficient (Wildman–Crippen LogP) is 2.75. The fraction of sp³-hybridized carbons (Fsp3) is 0.308. The molecule has 0 bridgehead atoms. The third-order valence-corrected chi connectivity index (χ3v) is 4.44. The first kappa shape index (κ1) is 15.2. The van der Waals surface area contributed by atoms with Gasteiger partial charge in [-0.15, -0.1) is 0 Å².